The van der Waals surface area contributed by atoms with E-state index in [-0.39, 0.29) is 5.82 Å². The van der Waals surface area contributed by atoms with Gasteiger partial charge in [-0.3, -0.25) is 4.68 Å². The van der Waals surface area contributed by atoms with Crippen LogP contribution in [0.2, 0.25) is 0 Å². The Balaban J connectivity index is 1.90. The zero-order valence-corrected chi connectivity index (χ0v) is 13.2. The van der Waals surface area contributed by atoms with Crippen LogP contribution in [0.15, 0.2) is 46.9 Å². The Morgan fingerprint density at radius 3 is 2.86 bits per heavy atom. The number of benzene rings is 2. The third-order valence-electron chi connectivity index (χ3n) is 3.41. The topological polar surface area (TPSA) is 29.9 Å². The van der Waals surface area contributed by atoms with Gasteiger partial charge < -0.3 is 5.32 Å². The summed E-state index contributed by atoms with van der Waals surface area (Å²) in [6.07, 6.45) is 0. The number of fused-ring (bicyclic) bond motifs is 1. The lowest BCUT2D eigenvalue weighted by Gasteiger charge is -2.07. The molecule has 1 N–H and O–H groups in total. The molecule has 3 nitrogen and oxygen atoms in total. The normalized spacial score (nSPS) is 11.0. The van der Waals surface area contributed by atoms with Crippen molar-refractivity contribution in [1.82, 2.24) is 9.78 Å². The van der Waals surface area contributed by atoms with Crippen molar-refractivity contribution in [3.05, 3.63) is 58.4 Å². The maximum Gasteiger partial charge on any atom is 0.125 e. The van der Waals surface area contributed by atoms with E-state index in [1.54, 1.807) is 6.07 Å². The van der Waals surface area contributed by atoms with Crippen molar-refractivity contribution in [2.75, 3.05) is 5.32 Å². The lowest BCUT2D eigenvalue weighted by Crippen LogP contribution is -2.03. The lowest BCUT2D eigenvalue weighted by molar-refractivity contribution is 0.628. The van der Waals surface area contributed by atoms with Gasteiger partial charge in [0.2, 0.25) is 0 Å². The number of nitrogens with one attached hydrogen (secondary N) is 1. The molecule has 2 aromatic carbocycles. The molecule has 0 fully saturated rings. The Hall–Kier alpha value is -1.88. The van der Waals surface area contributed by atoms with E-state index in [4.69, 9.17) is 0 Å². The summed E-state index contributed by atoms with van der Waals surface area (Å²) in [4.78, 5) is 0. The van der Waals surface area contributed by atoms with Crippen molar-refractivity contribution in [2.24, 2.45) is 0 Å². The number of anilines is 1. The van der Waals surface area contributed by atoms with Gasteiger partial charge in [0.05, 0.1) is 23.4 Å². The molecule has 3 rings (SSSR count). The highest BCUT2D eigenvalue weighted by molar-refractivity contribution is 9.10. The van der Waals surface area contributed by atoms with E-state index in [1.807, 2.05) is 16.8 Å². The number of nitrogens with zero attached hydrogens (tertiary/aromatic N) is 2. The Kier molecular flexibility index (Phi) is 3.92. The lowest BCUT2D eigenvalue weighted by atomic mass is 10.2. The summed E-state index contributed by atoms with van der Waals surface area (Å²) in [7, 11) is 0. The van der Waals surface area contributed by atoms with Gasteiger partial charge in [-0.05, 0) is 47.1 Å². The zero-order chi connectivity index (χ0) is 14.8. The fourth-order valence-electron chi connectivity index (χ4n) is 2.38. The minimum Gasteiger partial charge on any atom is -0.378 e. The molecule has 0 aliphatic heterocycles. The molecule has 0 aliphatic carbocycles. The van der Waals surface area contributed by atoms with Crippen molar-refractivity contribution in [3.63, 3.8) is 0 Å². The van der Waals surface area contributed by atoms with Gasteiger partial charge in [-0.15, -0.1) is 0 Å². The minimum absolute atomic E-state index is 0.260. The minimum atomic E-state index is -0.260. The van der Waals surface area contributed by atoms with Crippen LogP contribution in [-0.4, -0.2) is 9.78 Å². The molecule has 21 heavy (non-hydrogen) atoms. The highest BCUT2D eigenvalue weighted by atomic mass is 79.9. The molecule has 0 spiro atoms. The molecule has 0 aliphatic rings. The van der Waals surface area contributed by atoms with E-state index in [2.05, 4.69) is 45.4 Å². The molecule has 0 saturated heterocycles. The summed E-state index contributed by atoms with van der Waals surface area (Å²) in [6.45, 7) is 3.44. The van der Waals surface area contributed by atoms with Crippen molar-refractivity contribution in [2.45, 2.75) is 20.0 Å². The molecule has 5 heteroatoms. The number of hydrogen-bond acceptors (Lipinski definition) is 2. The van der Waals surface area contributed by atoms with Crippen LogP contribution in [0.25, 0.3) is 10.9 Å². The second-order valence-electron chi connectivity index (χ2n) is 4.76. The van der Waals surface area contributed by atoms with Gasteiger partial charge in [0, 0.05) is 16.4 Å². The molecular weight excluding hydrogens is 333 g/mol. The maximum atomic E-state index is 13.3. The van der Waals surface area contributed by atoms with E-state index in [0.717, 1.165) is 33.3 Å². The molecule has 1 aromatic heterocycles. The summed E-state index contributed by atoms with van der Waals surface area (Å²) in [5, 5.41) is 8.98. The van der Waals surface area contributed by atoms with E-state index < -0.39 is 0 Å². The molecule has 0 radical (unpaired) electrons. The molecular formula is C16H15BrFN3. The van der Waals surface area contributed by atoms with Crippen LogP contribution in [0.4, 0.5) is 10.1 Å². The number of halogens is 2. The molecule has 0 unspecified atom stereocenters. The molecule has 0 atom stereocenters. The van der Waals surface area contributed by atoms with Crippen LogP contribution in [0.5, 0.6) is 0 Å². The van der Waals surface area contributed by atoms with Crippen LogP contribution in [0, 0.1) is 5.82 Å². The highest BCUT2D eigenvalue weighted by Gasteiger charge is 2.09. The molecule has 3 aromatic rings. The highest BCUT2D eigenvalue weighted by Crippen LogP contribution is 2.25. The fourth-order valence-corrected chi connectivity index (χ4v) is 2.77. The molecule has 0 saturated carbocycles. The average Bonchev–Trinajstić information content (AvgIpc) is 2.86. The van der Waals surface area contributed by atoms with Gasteiger partial charge in [-0.1, -0.05) is 18.2 Å². The summed E-state index contributed by atoms with van der Waals surface area (Å²) >= 11 is 3.42. The fraction of sp³-hybridized carbons (Fsp3) is 0.188. The van der Waals surface area contributed by atoms with Gasteiger partial charge in [-0.2, -0.15) is 5.10 Å². The third kappa shape index (κ3) is 2.78. The van der Waals surface area contributed by atoms with E-state index in [1.165, 1.54) is 12.1 Å². The molecule has 0 bridgehead atoms. The number of hydrogen-bond donors (Lipinski definition) is 1. The second kappa shape index (κ2) is 5.85. The van der Waals surface area contributed by atoms with Crippen molar-refractivity contribution >= 4 is 32.5 Å². The summed E-state index contributed by atoms with van der Waals surface area (Å²) < 4.78 is 16.1. The smallest absolute Gasteiger partial charge is 0.125 e. The van der Waals surface area contributed by atoms with Gasteiger partial charge in [0.1, 0.15) is 5.82 Å². The maximum absolute atomic E-state index is 13.3. The number of para-hydroxylation sites is 1. The second-order valence-corrected chi connectivity index (χ2v) is 5.61. The van der Waals surface area contributed by atoms with Gasteiger partial charge in [0.25, 0.3) is 0 Å². The van der Waals surface area contributed by atoms with Crippen LogP contribution >= 0.6 is 15.9 Å². The van der Waals surface area contributed by atoms with Crippen LogP contribution in [0.1, 0.15) is 12.6 Å². The van der Waals surface area contributed by atoms with E-state index in [0.29, 0.717) is 6.54 Å². The first-order valence-corrected chi connectivity index (χ1v) is 7.61. The Labute approximate surface area is 130 Å². The largest absolute Gasteiger partial charge is 0.378 e. The summed E-state index contributed by atoms with van der Waals surface area (Å²) in [5.41, 5.74) is 2.81. The molecule has 0 amide bonds. The van der Waals surface area contributed by atoms with Gasteiger partial charge in [-0.25, -0.2) is 4.39 Å². The van der Waals surface area contributed by atoms with Crippen molar-refractivity contribution < 1.29 is 4.39 Å². The third-order valence-corrected chi connectivity index (χ3v) is 4.10. The monoisotopic (exact) mass is 347 g/mol. The van der Waals surface area contributed by atoms with Crippen LogP contribution < -0.4 is 5.32 Å². The Morgan fingerprint density at radius 1 is 1.24 bits per heavy atom. The SMILES string of the molecule is CCn1nc(CNc2cc(F)ccc2Br)c2ccccc21. The first kappa shape index (κ1) is 14.1. The van der Waals surface area contributed by atoms with Crippen molar-refractivity contribution in [1.29, 1.82) is 0 Å². The summed E-state index contributed by atoms with van der Waals surface area (Å²) in [6, 6.07) is 12.7. The Bertz CT molecular complexity index is 782. The molecule has 1 heterocycles. The average molecular weight is 348 g/mol. The number of aryl methyl sites for hydroxylation is 1. The Morgan fingerprint density at radius 2 is 2.05 bits per heavy atom. The van der Waals surface area contributed by atoms with Crippen molar-refractivity contribution in [3.8, 4) is 0 Å². The quantitative estimate of drug-likeness (QED) is 0.749. The standard InChI is InChI=1S/C16H15BrFN3/c1-2-21-16-6-4-3-5-12(16)15(20-21)10-19-14-9-11(18)7-8-13(14)17/h3-9,19H,2,10H2,1H3. The van der Waals surface area contributed by atoms with Gasteiger partial charge in [0.15, 0.2) is 0 Å². The predicted molar refractivity (Wildman–Crippen MR) is 86.8 cm³/mol. The first-order valence-electron chi connectivity index (χ1n) is 6.82. The number of rotatable bonds is 4. The first-order chi connectivity index (χ1) is 10.2. The van der Waals surface area contributed by atoms with E-state index in [9.17, 15) is 4.39 Å². The van der Waals surface area contributed by atoms with Gasteiger partial charge >= 0.3 is 0 Å². The summed E-state index contributed by atoms with van der Waals surface area (Å²) in [5.74, 6) is -0.260. The van der Waals surface area contributed by atoms with Crippen LogP contribution in [-0.2, 0) is 13.1 Å². The zero-order valence-electron chi connectivity index (χ0n) is 11.6. The van der Waals surface area contributed by atoms with Crippen LogP contribution in [0.3, 0.4) is 0 Å². The molecule has 108 valence electrons. The number of aromatic nitrogens is 2. The predicted octanol–water partition coefficient (Wildman–Crippen LogP) is 4.57. The van der Waals surface area contributed by atoms with E-state index >= 15 is 0 Å².